The number of unbranched alkanes of at least 4 members (excludes halogenated alkanes) is 2. The molecule has 2 heterocycles. The lowest BCUT2D eigenvalue weighted by molar-refractivity contribution is -0.135. The molecule has 0 aliphatic carbocycles. The molecular weight excluding hydrogens is 426 g/mol. The first-order valence-corrected chi connectivity index (χ1v) is 10.9. The van der Waals surface area contributed by atoms with Gasteiger partial charge in [-0.3, -0.25) is 24.3 Å². The van der Waals surface area contributed by atoms with Crippen molar-refractivity contribution in [1.82, 2.24) is 25.9 Å². The fourth-order valence-electron chi connectivity index (χ4n) is 3.59. The standard InChI is InChI=1S/C23H29N5O5/c1-3-4-5-6-16(12-21(29)27-32)22(30)24-14-25-23(31)20-10-9-19(33-20)15-7-8-17-13-26-28(2)18(17)11-15/h7-11,13,16,32H,3-6,12,14H2,1-2H3,(H,24,30)(H,25,31)(H,27,29)/t16-/m1/s1. The first-order valence-electron chi connectivity index (χ1n) is 10.9. The minimum Gasteiger partial charge on any atom is -0.451 e. The first kappa shape index (κ1) is 24.0. The van der Waals surface area contributed by atoms with Crippen LogP contribution in [0.5, 0.6) is 0 Å². The zero-order valence-corrected chi connectivity index (χ0v) is 18.8. The number of benzene rings is 1. The van der Waals surface area contributed by atoms with Gasteiger partial charge in [0.1, 0.15) is 5.76 Å². The van der Waals surface area contributed by atoms with Crippen LogP contribution in [0.2, 0.25) is 0 Å². The molecule has 4 N–H and O–H groups in total. The number of aromatic nitrogens is 2. The predicted octanol–water partition coefficient (Wildman–Crippen LogP) is 2.73. The van der Waals surface area contributed by atoms with Gasteiger partial charge in [-0.1, -0.05) is 38.3 Å². The van der Waals surface area contributed by atoms with Crippen LogP contribution in [0, 0.1) is 5.92 Å². The van der Waals surface area contributed by atoms with Gasteiger partial charge in [-0.25, -0.2) is 5.48 Å². The number of carbonyl (C=O) groups excluding carboxylic acids is 3. The molecule has 0 bridgehead atoms. The number of nitrogens with one attached hydrogen (secondary N) is 3. The van der Waals surface area contributed by atoms with Gasteiger partial charge in [0, 0.05) is 30.3 Å². The van der Waals surface area contributed by atoms with Crippen molar-refractivity contribution < 1.29 is 24.0 Å². The molecule has 3 amide bonds. The van der Waals surface area contributed by atoms with E-state index in [1.54, 1.807) is 28.5 Å². The van der Waals surface area contributed by atoms with Crippen LogP contribution in [0.25, 0.3) is 22.2 Å². The Balaban J connectivity index is 1.55. The van der Waals surface area contributed by atoms with Gasteiger partial charge in [-0.15, -0.1) is 0 Å². The Morgan fingerprint density at radius 2 is 1.97 bits per heavy atom. The maximum absolute atomic E-state index is 12.5. The highest BCUT2D eigenvalue weighted by Gasteiger charge is 2.21. The Morgan fingerprint density at radius 1 is 1.15 bits per heavy atom. The van der Waals surface area contributed by atoms with Gasteiger partial charge in [0.2, 0.25) is 11.8 Å². The summed E-state index contributed by atoms with van der Waals surface area (Å²) in [7, 11) is 1.85. The number of hydroxylamine groups is 1. The molecule has 0 saturated carbocycles. The largest absolute Gasteiger partial charge is 0.451 e. The van der Waals surface area contributed by atoms with Gasteiger partial charge >= 0.3 is 0 Å². The van der Waals surface area contributed by atoms with Crippen molar-refractivity contribution in [2.24, 2.45) is 13.0 Å². The lowest BCUT2D eigenvalue weighted by Crippen LogP contribution is -2.41. The van der Waals surface area contributed by atoms with Gasteiger partial charge in [0.05, 0.1) is 18.4 Å². The van der Waals surface area contributed by atoms with Crippen molar-refractivity contribution in [2.75, 3.05) is 6.67 Å². The average Bonchev–Trinajstić information content (AvgIpc) is 3.45. The molecule has 10 nitrogen and oxygen atoms in total. The number of carbonyl (C=O) groups is 3. The quantitative estimate of drug-likeness (QED) is 0.152. The number of hydrogen-bond acceptors (Lipinski definition) is 6. The van der Waals surface area contributed by atoms with Crippen LogP contribution in [0.3, 0.4) is 0 Å². The Labute approximate surface area is 191 Å². The topological polar surface area (TPSA) is 138 Å². The minimum atomic E-state index is -0.622. The van der Waals surface area contributed by atoms with Gasteiger partial charge in [0.25, 0.3) is 5.91 Å². The summed E-state index contributed by atoms with van der Waals surface area (Å²) >= 11 is 0. The third kappa shape index (κ3) is 6.19. The molecule has 1 atom stereocenters. The molecular formula is C23H29N5O5. The van der Waals surface area contributed by atoms with Crippen LogP contribution >= 0.6 is 0 Å². The van der Waals surface area contributed by atoms with E-state index in [2.05, 4.69) is 15.7 Å². The summed E-state index contributed by atoms with van der Waals surface area (Å²) in [5.74, 6) is -1.39. The zero-order valence-electron chi connectivity index (χ0n) is 18.8. The van der Waals surface area contributed by atoms with E-state index in [1.165, 1.54) is 0 Å². The molecule has 10 heteroatoms. The highest BCUT2D eigenvalue weighted by atomic mass is 16.5. The summed E-state index contributed by atoms with van der Waals surface area (Å²) in [6, 6.07) is 9.04. The lowest BCUT2D eigenvalue weighted by atomic mass is 9.96. The molecule has 3 rings (SSSR count). The van der Waals surface area contributed by atoms with Crippen LogP contribution in [-0.2, 0) is 16.6 Å². The van der Waals surface area contributed by atoms with E-state index < -0.39 is 17.7 Å². The predicted molar refractivity (Wildman–Crippen MR) is 121 cm³/mol. The summed E-state index contributed by atoms with van der Waals surface area (Å²) in [5, 5.41) is 19.2. The Kier molecular flexibility index (Phi) is 8.20. The summed E-state index contributed by atoms with van der Waals surface area (Å²) in [4.78, 5) is 36.4. The number of amides is 3. The van der Waals surface area contributed by atoms with Crippen molar-refractivity contribution in [3.8, 4) is 11.3 Å². The van der Waals surface area contributed by atoms with Crippen molar-refractivity contribution in [1.29, 1.82) is 0 Å². The highest BCUT2D eigenvalue weighted by molar-refractivity contribution is 5.93. The average molecular weight is 456 g/mol. The molecule has 2 aromatic heterocycles. The molecule has 0 aliphatic rings. The van der Waals surface area contributed by atoms with Crippen LogP contribution in [-0.4, -0.2) is 39.4 Å². The van der Waals surface area contributed by atoms with Crippen molar-refractivity contribution in [3.63, 3.8) is 0 Å². The Hall–Kier alpha value is -3.66. The third-order valence-electron chi connectivity index (χ3n) is 5.46. The van der Waals surface area contributed by atoms with Crippen LogP contribution < -0.4 is 16.1 Å². The van der Waals surface area contributed by atoms with E-state index in [0.717, 1.165) is 35.7 Å². The van der Waals surface area contributed by atoms with E-state index in [9.17, 15) is 14.4 Å². The first-order chi connectivity index (χ1) is 15.9. The summed E-state index contributed by atoms with van der Waals surface area (Å²) in [6.07, 6.45) is 4.89. The maximum atomic E-state index is 12.5. The maximum Gasteiger partial charge on any atom is 0.288 e. The fourth-order valence-corrected chi connectivity index (χ4v) is 3.59. The van der Waals surface area contributed by atoms with Gasteiger partial charge in [-0.05, 0) is 24.6 Å². The number of furan rings is 1. The van der Waals surface area contributed by atoms with Crippen molar-refractivity contribution in [3.05, 3.63) is 42.3 Å². The summed E-state index contributed by atoms with van der Waals surface area (Å²) in [6.45, 7) is 1.93. The van der Waals surface area contributed by atoms with Gasteiger partial charge < -0.3 is 15.1 Å². The van der Waals surface area contributed by atoms with E-state index in [4.69, 9.17) is 9.62 Å². The lowest BCUT2D eigenvalue weighted by Gasteiger charge is -2.16. The Bertz CT molecular complexity index is 1120. The molecule has 0 aliphatic heterocycles. The van der Waals surface area contributed by atoms with Crippen LogP contribution in [0.15, 0.2) is 40.9 Å². The number of hydrogen-bond donors (Lipinski definition) is 4. The second-order valence-electron chi connectivity index (χ2n) is 7.86. The molecule has 0 radical (unpaired) electrons. The van der Waals surface area contributed by atoms with E-state index in [-0.39, 0.29) is 24.8 Å². The smallest absolute Gasteiger partial charge is 0.288 e. The van der Waals surface area contributed by atoms with Gasteiger partial charge in [-0.2, -0.15) is 5.10 Å². The molecule has 176 valence electrons. The van der Waals surface area contributed by atoms with Gasteiger partial charge in [0.15, 0.2) is 5.76 Å². The fraction of sp³-hybridized carbons (Fsp3) is 0.391. The number of aryl methyl sites for hydroxylation is 1. The van der Waals surface area contributed by atoms with E-state index in [1.807, 2.05) is 32.2 Å². The molecule has 1 aromatic carbocycles. The molecule has 0 fully saturated rings. The number of nitrogens with zero attached hydrogens (tertiary/aromatic N) is 2. The van der Waals surface area contributed by atoms with Crippen LogP contribution in [0.1, 0.15) is 49.6 Å². The summed E-state index contributed by atoms with van der Waals surface area (Å²) < 4.78 is 7.46. The second kappa shape index (κ2) is 11.3. The highest BCUT2D eigenvalue weighted by Crippen LogP contribution is 2.26. The molecule has 0 unspecified atom stereocenters. The summed E-state index contributed by atoms with van der Waals surface area (Å²) in [5.41, 5.74) is 3.32. The number of fused-ring (bicyclic) bond motifs is 1. The Morgan fingerprint density at radius 3 is 2.73 bits per heavy atom. The molecule has 33 heavy (non-hydrogen) atoms. The van der Waals surface area contributed by atoms with Crippen molar-refractivity contribution >= 4 is 28.6 Å². The molecule has 3 aromatic rings. The monoisotopic (exact) mass is 455 g/mol. The third-order valence-corrected chi connectivity index (χ3v) is 5.46. The van der Waals surface area contributed by atoms with Crippen LogP contribution in [0.4, 0.5) is 0 Å². The second-order valence-corrected chi connectivity index (χ2v) is 7.86. The molecule has 0 spiro atoms. The number of rotatable bonds is 11. The molecule has 0 saturated heterocycles. The minimum absolute atomic E-state index is 0.111. The normalized spacial score (nSPS) is 11.8. The zero-order chi connectivity index (χ0) is 23.8. The van der Waals surface area contributed by atoms with Crippen molar-refractivity contribution in [2.45, 2.75) is 39.0 Å². The SMILES string of the molecule is CCCCC[C@H](CC(=O)NO)C(=O)NCNC(=O)c1ccc(-c2ccc3cnn(C)c3c2)o1. The van der Waals surface area contributed by atoms with E-state index in [0.29, 0.717) is 12.2 Å². The van der Waals surface area contributed by atoms with E-state index >= 15 is 0 Å².